The van der Waals surface area contributed by atoms with Crippen molar-refractivity contribution in [1.29, 1.82) is 0 Å². The van der Waals surface area contributed by atoms with Crippen LogP contribution in [0.4, 0.5) is 0 Å². The van der Waals surface area contributed by atoms with Crippen molar-refractivity contribution < 1.29 is 14.3 Å². The fraction of sp³-hybridized carbons (Fsp3) is 0.750. The van der Waals surface area contributed by atoms with E-state index in [2.05, 4.69) is 0 Å². The fourth-order valence-corrected chi connectivity index (χ4v) is 1.26. The summed E-state index contributed by atoms with van der Waals surface area (Å²) in [6, 6.07) is 0. The predicted molar refractivity (Wildman–Crippen MR) is 49.0 cm³/mol. The van der Waals surface area contributed by atoms with Crippen molar-refractivity contribution in [2.45, 2.75) is 12.8 Å². The summed E-state index contributed by atoms with van der Waals surface area (Å²) in [5.74, 6) is 4.70. The average molecular weight is 201 g/mol. The standard InChI is InChI=1S/C8H15N3O3/c9-10-7(12)1-3-11-4-6-14-5-2-8(11)13/h1-6,9H2,(H,10,12). The van der Waals surface area contributed by atoms with E-state index in [1.807, 2.05) is 5.43 Å². The Hall–Kier alpha value is -1.14. The van der Waals surface area contributed by atoms with Crippen molar-refractivity contribution in [1.82, 2.24) is 10.3 Å². The first-order valence-corrected chi connectivity index (χ1v) is 4.59. The third-order valence-corrected chi connectivity index (χ3v) is 2.09. The molecule has 14 heavy (non-hydrogen) atoms. The number of hydrogen-bond acceptors (Lipinski definition) is 4. The molecule has 6 nitrogen and oxygen atoms in total. The monoisotopic (exact) mass is 201 g/mol. The van der Waals surface area contributed by atoms with Crippen LogP contribution in [0.15, 0.2) is 0 Å². The van der Waals surface area contributed by atoms with Crippen LogP contribution >= 0.6 is 0 Å². The molecule has 1 aliphatic rings. The molecule has 1 heterocycles. The highest BCUT2D eigenvalue weighted by Crippen LogP contribution is 2.01. The number of ether oxygens (including phenoxy) is 1. The van der Waals surface area contributed by atoms with Crippen LogP contribution < -0.4 is 11.3 Å². The van der Waals surface area contributed by atoms with E-state index < -0.39 is 0 Å². The number of hydrazine groups is 1. The number of amides is 2. The van der Waals surface area contributed by atoms with Gasteiger partial charge in [0.05, 0.1) is 19.6 Å². The summed E-state index contributed by atoms with van der Waals surface area (Å²) in [7, 11) is 0. The Morgan fingerprint density at radius 1 is 1.57 bits per heavy atom. The zero-order valence-electron chi connectivity index (χ0n) is 7.99. The van der Waals surface area contributed by atoms with E-state index in [0.29, 0.717) is 32.7 Å². The minimum absolute atomic E-state index is 0.0346. The number of carbonyl (C=O) groups is 2. The maximum Gasteiger partial charge on any atom is 0.235 e. The molecule has 0 radical (unpaired) electrons. The second-order valence-electron chi connectivity index (χ2n) is 3.06. The summed E-state index contributed by atoms with van der Waals surface area (Å²) in [6.45, 7) is 1.97. The van der Waals surface area contributed by atoms with Crippen molar-refractivity contribution in [3.8, 4) is 0 Å². The molecule has 2 amide bonds. The zero-order valence-corrected chi connectivity index (χ0v) is 7.99. The summed E-state index contributed by atoms with van der Waals surface area (Å²) in [5, 5.41) is 0. The minimum Gasteiger partial charge on any atom is -0.379 e. The number of carbonyl (C=O) groups excluding carboxylic acids is 2. The van der Waals surface area contributed by atoms with Crippen LogP contribution in [0.3, 0.4) is 0 Å². The van der Waals surface area contributed by atoms with Gasteiger partial charge in [0.2, 0.25) is 11.8 Å². The van der Waals surface area contributed by atoms with Crippen molar-refractivity contribution >= 4 is 11.8 Å². The Balaban J connectivity index is 2.33. The van der Waals surface area contributed by atoms with E-state index in [-0.39, 0.29) is 18.2 Å². The van der Waals surface area contributed by atoms with Crippen LogP contribution in [0.5, 0.6) is 0 Å². The van der Waals surface area contributed by atoms with Crippen molar-refractivity contribution in [3.63, 3.8) is 0 Å². The van der Waals surface area contributed by atoms with Gasteiger partial charge in [0, 0.05) is 19.5 Å². The molecule has 80 valence electrons. The Morgan fingerprint density at radius 2 is 2.36 bits per heavy atom. The number of rotatable bonds is 3. The van der Waals surface area contributed by atoms with Gasteiger partial charge in [0.15, 0.2) is 0 Å². The normalized spacial score (nSPS) is 17.8. The fourth-order valence-electron chi connectivity index (χ4n) is 1.26. The van der Waals surface area contributed by atoms with Crippen LogP contribution in [-0.2, 0) is 14.3 Å². The van der Waals surface area contributed by atoms with Gasteiger partial charge in [0.25, 0.3) is 0 Å². The van der Waals surface area contributed by atoms with Gasteiger partial charge in [-0.25, -0.2) is 5.84 Å². The molecule has 0 atom stereocenters. The quantitative estimate of drug-likeness (QED) is 0.334. The van der Waals surface area contributed by atoms with Crippen LogP contribution in [-0.4, -0.2) is 43.0 Å². The van der Waals surface area contributed by atoms with Crippen molar-refractivity contribution in [2.75, 3.05) is 26.3 Å². The highest BCUT2D eigenvalue weighted by molar-refractivity contribution is 5.78. The molecule has 1 saturated heterocycles. The first-order valence-electron chi connectivity index (χ1n) is 4.59. The molecule has 3 N–H and O–H groups in total. The van der Waals surface area contributed by atoms with Crippen LogP contribution in [0.25, 0.3) is 0 Å². The number of hydrogen-bond donors (Lipinski definition) is 2. The third-order valence-electron chi connectivity index (χ3n) is 2.09. The van der Waals surface area contributed by atoms with Gasteiger partial charge in [0.1, 0.15) is 0 Å². The summed E-state index contributed by atoms with van der Waals surface area (Å²) in [5.41, 5.74) is 2.03. The Bertz CT molecular complexity index is 220. The molecule has 1 aliphatic heterocycles. The maximum atomic E-state index is 11.4. The van der Waals surface area contributed by atoms with E-state index in [1.165, 1.54) is 0 Å². The van der Waals surface area contributed by atoms with Gasteiger partial charge < -0.3 is 9.64 Å². The van der Waals surface area contributed by atoms with E-state index in [9.17, 15) is 9.59 Å². The molecule has 1 fully saturated rings. The Kier molecular flexibility index (Phi) is 4.34. The summed E-state index contributed by atoms with van der Waals surface area (Å²) in [6.07, 6.45) is 0.631. The lowest BCUT2D eigenvalue weighted by Gasteiger charge is -2.18. The SMILES string of the molecule is NNC(=O)CCN1CCOCCC1=O. The molecule has 0 aromatic rings. The van der Waals surface area contributed by atoms with E-state index in [0.717, 1.165) is 0 Å². The lowest BCUT2D eigenvalue weighted by molar-refractivity contribution is -0.131. The topological polar surface area (TPSA) is 84.7 Å². The Morgan fingerprint density at radius 3 is 3.07 bits per heavy atom. The van der Waals surface area contributed by atoms with Gasteiger partial charge in [-0.1, -0.05) is 0 Å². The van der Waals surface area contributed by atoms with Crippen molar-refractivity contribution in [2.24, 2.45) is 5.84 Å². The lowest BCUT2D eigenvalue weighted by atomic mass is 10.3. The maximum absolute atomic E-state index is 11.4. The van der Waals surface area contributed by atoms with Gasteiger partial charge in [-0.2, -0.15) is 0 Å². The molecule has 0 aliphatic carbocycles. The number of nitrogens with one attached hydrogen (secondary N) is 1. The van der Waals surface area contributed by atoms with E-state index in [4.69, 9.17) is 10.6 Å². The first-order chi connectivity index (χ1) is 6.74. The van der Waals surface area contributed by atoms with Gasteiger partial charge in [-0.15, -0.1) is 0 Å². The number of nitrogens with two attached hydrogens (primary N) is 1. The molecular weight excluding hydrogens is 186 g/mol. The largest absolute Gasteiger partial charge is 0.379 e. The average Bonchev–Trinajstić information content (AvgIpc) is 2.39. The van der Waals surface area contributed by atoms with Gasteiger partial charge in [-0.3, -0.25) is 15.0 Å². The Labute approximate surface area is 82.3 Å². The van der Waals surface area contributed by atoms with E-state index in [1.54, 1.807) is 4.90 Å². The summed E-state index contributed by atoms with van der Waals surface area (Å²) >= 11 is 0. The molecule has 0 unspecified atom stereocenters. The van der Waals surface area contributed by atoms with Crippen molar-refractivity contribution in [3.05, 3.63) is 0 Å². The molecule has 0 bridgehead atoms. The van der Waals surface area contributed by atoms with Crippen LogP contribution in [0.2, 0.25) is 0 Å². The highest BCUT2D eigenvalue weighted by atomic mass is 16.5. The minimum atomic E-state index is -0.261. The van der Waals surface area contributed by atoms with Gasteiger partial charge in [-0.05, 0) is 0 Å². The highest BCUT2D eigenvalue weighted by Gasteiger charge is 2.17. The molecule has 0 spiro atoms. The molecule has 0 saturated carbocycles. The molecule has 0 aromatic heterocycles. The number of nitrogens with zero attached hydrogens (tertiary/aromatic N) is 1. The molecule has 6 heteroatoms. The van der Waals surface area contributed by atoms with E-state index >= 15 is 0 Å². The third kappa shape index (κ3) is 3.31. The second kappa shape index (κ2) is 5.56. The molecular formula is C8H15N3O3. The van der Waals surface area contributed by atoms with Crippen LogP contribution in [0.1, 0.15) is 12.8 Å². The summed E-state index contributed by atoms with van der Waals surface area (Å²) in [4.78, 5) is 23.9. The molecule has 1 rings (SSSR count). The first kappa shape index (κ1) is 10.9. The predicted octanol–water partition coefficient (Wildman–Crippen LogP) is -1.38. The molecule has 0 aromatic carbocycles. The summed E-state index contributed by atoms with van der Waals surface area (Å²) < 4.78 is 5.14. The van der Waals surface area contributed by atoms with Crippen LogP contribution in [0, 0.1) is 0 Å². The zero-order chi connectivity index (χ0) is 10.4. The second-order valence-corrected chi connectivity index (χ2v) is 3.06. The smallest absolute Gasteiger partial charge is 0.235 e. The lowest BCUT2D eigenvalue weighted by Crippen LogP contribution is -2.37. The van der Waals surface area contributed by atoms with Gasteiger partial charge >= 0.3 is 0 Å².